The second-order valence-electron chi connectivity index (χ2n) is 5.40. The Morgan fingerprint density at radius 3 is 2.70 bits per heavy atom. The van der Waals surface area contributed by atoms with Crippen LogP contribution in [-0.2, 0) is 10.3 Å². The second-order valence-corrected chi connectivity index (χ2v) is 5.40. The van der Waals surface area contributed by atoms with Gasteiger partial charge in [-0.05, 0) is 50.3 Å². The molecule has 2 aromatic rings. The Balaban J connectivity index is 1.95. The van der Waals surface area contributed by atoms with Crippen LogP contribution in [-0.4, -0.2) is 17.3 Å². The summed E-state index contributed by atoms with van der Waals surface area (Å²) in [5, 5.41) is 4.12. The van der Waals surface area contributed by atoms with Gasteiger partial charge in [0.05, 0.1) is 0 Å². The fourth-order valence-corrected chi connectivity index (χ4v) is 2.76. The topological polar surface area (TPSA) is 74.2 Å². The molecule has 3 rings (SSSR count). The molecule has 5 heteroatoms. The molecule has 1 fully saturated rings. The summed E-state index contributed by atoms with van der Waals surface area (Å²) >= 11 is 0. The number of nitrogen functional groups attached to an aromatic ring is 1. The van der Waals surface area contributed by atoms with E-state index in [2.05, 4.69) is 10.1 Å². The molecule has 0 unspecified atom stereocenters. The summed E-state index contributed by atoms with van der Waals surface area (Å²) in [6.07, 6.45) is 4.15. The van der Waals surface area contributed by atoms with Crippen LogP contribution in [0.15, 0.2) is 22.7 Å². The predicted molar refractivity (Wildman–Crippen MR) is 76.0 cm³/mol. The third-order valence-corrected chi connectivity index (χ3v) is 4.16. The first-order valence-electron chi connectivity index (χ1n) is 6.90. The lowest BCUT2D eigenvalue weighted by atomic mass is 10.0. The lowest BCUT2D eigenvalue weighted by Gasteiger charge is -2.22. The summed E-state index contributed by atoms with van der Waals surface area (Å²) < 4.78 is 11.1. The summed E-state index contributed by atoms with van der Waals surface area (Å²) in [4.78, 5) is 4.52. The van der Waals surface area contributed by atoms with Crippen molar-refractivity contribution in [3.8, 4) is 11.5 Å². The normalized spacial score (nSPS) is 17.5. The van der Waals surface area contributed by atoms with Gasteiger partial charge in [-0.1, -0.05) is 11.2 Å². The van der Waals surface area contributed by atoms with E-state index in [1.54, 1.807) is 7.11 Å². The van der Waals surface area contributed by atoms with Crippen LogP contribution in [0.4, 0.5) is 5.69 Å². The van der Waals surface area contributed by atoms with E-state index < -0.39 is 0 Å². The molecule has 1 aromatic heterocycles. The highest BCUT2D eigenvalue weighted by atomic mass is 16.5. The predicted octanol–water partition coefficient (Wildman–Crippen LogP) is 3.04. The molecule has 20 heavy (non-hydrogen) atoms. The number of methoxy groups -OCH3 is 1. The van der Waals surface area contributed by atoms with Crippen LogP contribution in [0.25, 0.3) is 11.5 Å². The van der Waals surface area contributed by atoms with Crippen molar-refractivity contribution in [1.82, 2.24) is 10.1 Å². The molecule has 0 radical (unpaired) electrons. The lowest BCUT2D eigenvalue weighted by molar-refractivity contribution is -0.0178. The molecule has 1 aromatic carbocycles. The maximum absolute atomic E-state index is 5.92. The van der Waals surface area contributed by atoms with E-state index in [1.807, 2.05) is 25.1 Å². The molecule has 5 nitrogen and oxygen atoms in total. The maximum atomic E-state index is 5.92. The zero-order valence-corrected chi connectivity index (χ0v) is 11.8. The van der Waals surface area contributed by atoms with Gasteiger partial charge < -0.3 is 15.0 Å². The molecule has 2 N–H and O–H groups in total. The maximum Gasteiger partial charge on any atom is 0.258 e. The van der Waals surface area contributed by atoms with Gasteiger partial charge >= 0.3 is 0 Å². The SMILES string of the molecule is COC1(c2noc(-c3ccc(C)c(N)c3)n2)CCCC1. The van der Waals surface area contributed by atoms with E-state index in [1.165, 1.54) is 0 Å². The fraction of sp³-hybridized carbons (Fsp3) is 0.467. The monoisotopic (exact) mass is 273 g/mol. The third kappa shape index (κ3) is 2.08. The molecule has 0 spiro atoms. The van der Waals surface area contributed by atoms with Gasteiger partial charge in [-0.25, -0.2) is 0 Å². The first kappa shape index (κ1) is 13.1. The summed E-state index contributed by atoms with van der Waals surface area (Å²) in [6.45, 7) is 1.97. The highest BCUT2D eigenvalue weighted by Crippen LogP contribution is 2.40. The van der Waals surface area contributed by atoms with E-state index in [0.29, 0.717) is 11.7 Å². The Hall–Kier alpha value is -1.88. The first-order valence-corrected chi connectivity index (χ1v) is 6.90. The fourth-order valence-electron chi connectivity index (χ4n) is 2.76. The quantitative estimate of drug-likeness (QED) is 0.870. The number of hydrogen-bond donors (Lipinski definition) is 1. The standard InChI is InChI=1S/C15H19N3O2/c1-10-5-6-11(9-12(10)16)13-17-14(18-20-13)15(19-2)7-3-4-8-15/h5-6,9H,3-4,7-8,16H2,1-2H3. The van der Waals surface area contributed by atoms with Gasteiger partial charge in [0.15, 0.2) is 0 Å². The molecule has 1 saturated carbocycles. The van der Waals surface area contributed by atoms with Crippen molar-refractivity contribution in [2.75, 3.05) is 12.8 Å². The number of aromatic nitrogens is 2. The summed E-state index contributed by atoms with van der Waals surface area (Å²) in [5.74, 6) is 1.14. The van der Waals surface area contributed by atoms with Crippen LogP contribution in [0.5, 0.6) is 0 Å². The zero-order valence-electron chi connectivity index (χ0n) is 11.8. The van der Waals surface area contributed by atoms with Gasteiger partial charge in [0, 0.05) is 18.4 Å². The van der Waals surface area contributed by atoms with E-state index in [4.69, 9.17) is 15.0 Å². The number of benzene rings is 1. The molecule has 0 saturated heterocycles. The molecular weight excluding hydrogens is 254 g/mol. The minimum atomic E-state index is -0.377. The highest BCUT2D eigenvalue weighted by Gasteiger charge is 2.40. The van der Waals surface area contributed by atoms with Crippen LogP contribution >= 0.6 is 0 Å². The van der Waals surface area contributed by atoms with Crippen LogP contribution in [0, 0.1) is 6.92 Å². The first-order chi connectivity index (χ1) is 9.64. The van der Waals surface area contributed by atoms with Crippen molar-refractivity contribution in [3.63, 3.8) is 0 Å². The molecule has 0 atom stereocenters. The van der Waals surface area contributed by atoms with Gasteiger partial charge in [-0.3, -0.25) is 0 Å². The van der Waals surface area contributed by atoms with E-state index in [9.17, 15) is 0 Å². The smallest absolute Gasteiger partial charge is 0.258 e. The van der Waals surface area contributed by atoms with Crippen molar-refractivity contribution in [1.29, 1.82) is 0 Å². The summed E-state index contributed by atoms with van der Waals surface area (Å²) in [6, 6.07) is 5.76. The number of ether oxygens (including phenoxy) is 1. The van der Waals surface area contributed by atoms with Gasteiger partial charge in [0.2, 0.25) is 5.82 Å². The molecule has 0 amide bonds. The summed E-state index contributed by atoms with van der Waals surface area (Å²) in [5.41, 5.74) is 8.16. The van der Waals surface area contributed by atoms with Crippen molar-refractivity contribution < 1.29 is 9.26 Å². The minimum Gasteiger partial charge on any atom is -0.398 e. The Labute approximate surface area is 118 Å². The average molecular weight is 273 g/mol. The van der Waals surface area contributed by atoms with Crippen molar-refractivity contribution >= 4 is 5.69 Å². The molecule has 106 valence electrons. The third-order valence-electron chi connectivity index (χ3n) is 4.16. The number of nitrogens with zero attached hydrogens (tertiary/aromatic N) is 2. The van der Waals surface area contributed by atoms with Crippen molar-refractivity contribution in [2.45, 2.75) is 38.2 Å². The van der Waals surface area contributed by atoms with E-state index in [-0.39, 0.29) is 5.60 Å². The molecule has 1 heterocycles. The van der Waals surface area contributed by atoms with E-state index in [0.717, 1.165) is 42.5 Å². The Kier molecular flexibility index (Phi) is 3.22. The van der Waals surface area contributed by atoms with Crippen LogP contribution < -0.4 is 5.73 Å². The largest absolute Gasteiger partial charge is 0.398 e. The van der Waals surface area contributed by atoms with Crippen LogP contribution in [0.1, 0.15) is 37.1 Å². The highest BCUT2D eigenvalue weighted by molar-refractivity contribution is 5.62. The van der Waals surface area contributed by atoms with Gasteiger partial charge in [0.1, 0.15) is 5.60 Å². The van der Waals surface area contributed by atoms with Crippen molar-refractivity contribution in [3.05, 3.63) is 29.6 Å². The second kappa shape index (κ2) is 4.90. The van der Waals surface area contributed by atoms with Crippen molar-refractivity contribution in [2.24, 2.45) is 0 Å². The molecule has 1 aliphatic carbocycles. The average Bonchev–Trinajstić information content (AvgIpc) is 3.10. The van der Waals surface area contributed by atoms with Gasteiger partial charge in [-0.15, -0.1) is 0 Å². The summed E-state index contributed by atoms with van der Waals surface area (Å²) in [7, 11) is 1.71. The number of anilines is 1. The number of rotatable bonds is 3. The number of nitrogens with two attached hydrogens (primary N) is 1. The van der Waals surface area contributed by atoms with Gasteiger partial charge in [0.25, 0.3) is 5.89 Å². The van der Waals surface area contributed by atoms with Gasteiger partial charge in [-0.2, -0.15) is 4.98 Å². The Morgan fingerprint density at radius 1 is 1.30 bits per heavy atom. The number of aryl methyl sites for hydroxylation is 1. The van der Waals surface area contributed by atoms with Crippen LogP contribution in [0.3, 0.4) is 0 Å². The zero-order chi connectivity index (χ0) is 14.2. The van der Waals surface area contributed by atoms with E-state index >= 15 is 0 Å². The molecular formula is C15H19N3O2. The van der Waals surface area contributed by atoms with Crippen LogP contribution in [0.2, 0.25) is 0 Å². The Bertz CT molecular complexity index is 615. The number of hydrogen-bond acceptors (Lipinski definition) is 5. The molecule has 0 aliphatic heterocycles. The Morgan fingerprint density at radius 2 is 2.05 bits per heavy atom. The minimum absolute atomic E-state index is 0.377. The molecule has 1 aliphatic rings. The molecule has 0 bridgehead atoms. The lowest BCUT2D eigenvalue weighted by Crippen LogP contribution is -2.25.